The van der Waals surface area contributed by atoms with Crippen LogP contribution in [0.1, 0.15) is 5.56 Å². The summed E-state index contributed by atoms with van der Waals surface area (Å²) in [6, 6.07) is 7.81. The zero-order valence-electron chi connectivity index (χ0n) is 8.92. The summed E-state index contributed by atoms with van der Waals surface area (Å²) in [5.74, 6) is 1.37. The van der Waals surface area contributed by atoms with Crippen LogP contribution >= 0.6 is 0 Å². The molecule has 0 saturated carbocycles. The number of hydrogen-bond donors (Lipinski definition) is 1. The topological polar surface area (TPSA) is 59.9 Å². The van der Waals surface area contributed by atoms with Gasteiger partial charge in [0.15, 0.2) is 0 Å². The van der Waals surface area contributed by atoms with Gasteiger partial charge in [-0.1, -0.05) is 12.1 Å². The fourth-order valence-electron chi connectivity index (χ4n) is 1.25. The second-order valence-electron chi connectivity index (χ2n) is 3.17. The smallest absolute Gasteiger partial charge is 0.242 e. The van der Waals surface area contributed by atoms with Gasteiger partial charge in [-0.25, -0.2) is 4.98 Å². The third-order valence-corrected chi connectivity index (χ3v) is 2.09. The van der Waals surface area contributed by atoms with Crippen molar-refractivity contribution in [3.05, 3.63) is 42.2 Å². The normalized spacial score (nSPS) is 9.81. The molecule has 0 radical (unpaired) electrons. The van der Waals surface area contributed by atoms with Crippen molar-refractivity contribution >= 4 is 5.95 Å². The molecule has 0 saturated heterocycles. The number of aromatic nitrogens is 3. The van der Waals surface area contributed by atoms with Crippen molar-refractivity contribution in [2.45, 2.75) is 6.54 Å². The van der Waals surface area contributed by atoms with Gasteiger partial charge in [-0.2, -0.15) is 5.10 Å². The number of rotatable bonds is 4. The first-order valence-electron chi connectivity index (χ1n) is 4.89. The van der Waals surface area contributed by atoms with Crippen LogP contribution in [0, 0.1) is 0 Å². The molecule has 1 N–H and O–H groups in total. The summed E-state index contributed by atoms with van der Waals surface area (Å²) in [4.78, 5) is 4.02. The van der Waals surface area contributed by atoms with Crippen LogP contribution in [-0.2, 0) is 6.54 Å². The maximum absolute atomic E-state index is 5.08. The highest BCUT2D eigenvalue weighted by Crippen LogP contribution is 2.11. The molecule has 0 fully saturated rings. The first-order valence-corrected chi connectivity index (χ1v) is 4.89. The van der Waals surface area contributed by atoms with E-state index in [1.807, 2.05) is 24.3 Å². The Morgan fingerprint density at radius 1 is 1.19 bits per heavy atom. The Morgan fingerprint density at radius 3 is 2.62 bits per heavy atom. The van der Waals surface area contributed by atoms with E-state index in [1.165, 1.54) is 0 Å². The zero-order chi connectivity index (χ0) is 11.2. The molecule has 0 unspecified atom stereocenters. The predicted molar refractivity (Wildman–Crippen MR) is 60.1 cm³/mol. The van der Waals surface area contributed by atoms with E-state index in [4.69, 9.17) is 4.74 Å². The molecule has 16 heavy (non-hydrogen) atoms. The maximum Gasteiger partial charge on any atom is 0.242 e. The van der Waals surface area contributed by atoms with Gasteiger partial charge in [-0.3, -0.25) is 0 Å². The molecule has 0 aliphatic carbocycles. The third kappa shape index (κ3) is 2.66. The molecule has 0 bridgehead atoms. The lowest BCUT2D eigenvalue weighted by Gasteiger charge is -2.04. The van der Waals surface area contributed by atoms with Crippen molar-refractivity contribution in [2.75, 3.05) is 12.4 Å². The Labute approximate surface area is 93.5 Å². The summed E-state index contributed by atoms with van der Waals surface area (Å²) in [5, 5.41) is 10.6. The van der Waals surface area contributed by atoms with Crippen LogP contribution in [0.2, 0.25) is 0 Å². The number of nitrogens with zero attached hydrogens (tertiary/aromatic N) is 3. The molecule has 1 aromatic carbocycles. The van der Waals surface area contributed by atoms with E-state index >= 15 is 0 Å². The van der Waals surface area contributed by atoms with E-state index in [9.17, 15) is 0 Å². The highest BCUT2D eigenvalue weighted by molar-refractivity contribution is 5.30. The molecule has 1 heterocycles. The van der Waals surface area contributed by atoms with Crippen LogP contribution in [0.15, 0.2) is 36.7 Å². The Hall–Kier alpha value is -2.17. The highest BCUT2D eigenvalue weighted by atomic mass is 16.5. The van der Waals surface area contributed by atoms with E-state index < -0.39 is 0 Å². The highest BCUT2D eigenvalue weighted by Gasteiger charge is 1.96. The summed E-state index contributed by atoms with van der Waals surface area (Å²) in [7, 11) is 1.65. The van der Waals surface area contributed by atoms with Crippen molar-refractivity contribution < 1.29 is 4.74 Å². The minimum atomic E-state index is 0.526. The number of ether oxygens (including phenoxy) is 1. The lowest BCUT2D eigenvalue weighted by Crippen LogP contribution is -2.03. The van der Waals surface area contributed by atoms with Gasteiger partial charge in [-0.15, -0.1) is 5.10 Å². The average molecular weight is 216 g/mol. The fraction of sp³-hybridized carbons (Fsp3) is 0.182. The molecule has 0 atom stereocenters. The standard InChI is InChI=1S/C11H12N4O/c1-16-10-4-2-9(3-5-10)8-13-11-12-6-7-14-15-11/h2-7H,8H2,1H3,(H,12,13,15). The predicted octanol–water partition coefficient (Wildman–Crippen LogP) is 1.49. The van der Waals surface area contributed by atoms with E-state index in [-0.39, 0.29) is 0 Å². The van der Waals surface area contributed by atoms with Crippen molar-refractivity contribution in [1.82, 2.24) is 15.2 Å². The van der Waals surface area contributed by atoms with Gasteiger partial charge >= 0.3 is 0 Å². The summed E-state index contributed by atoms with van der Waals surface area (Å²) >= 11 is 0. The summed E-state index contributed by atoms with van der Waals surface area (Å²) < 4.78 is 5.08. The van der Waals surface area contributed by atoms with Gasteiger partial charge in [0, 0.05) is 6.54 Å². The van der Waals surface area contributed by atoms with Gasteiger partial charge in [0.25, 0.3) is 0 Å². The van der Waals surface area contributed by atoms with Gasteiger partial charge in [0.05, 0.1) is 19.5 Å². The number of anilines is 1. The van der Waals surface area contributed by atoms with Crippen molar-refractivity contribution in [3.63, 3.8) is 0 Å². The second kappa shape index (κ2) is 5.06. The zero-order valence-corrected chi connectivity index (χ0v) is 8.92. The Kier molecular flexibility index (Phi) is 3.28. The van der Waals surface area contributed by atoms with Crippen LogP contribution in [0.4, 0.5) is 5.95 Å². The van der Waals surface area contributed by atoms with Gasteiger partial charge in [0.1, 0.15) is 5.75 Å². The van der Waals surface area contributed by atoms with E-state index in [0.717, 1.165) is 11.3 Å². The number of nitrogens with one attached hydrogen (secondary N) is 1. The maximum atomic E-state index is 5.08. The molecule has 2 rings (SSSR count). The number of hydrogen-bond acceptors (Lipinski definition) is 5. The molecular formula is C11H12N4O. The molecule has 2 aromatic rings. The molecule has 0 amide bonds. The van der Waals surface area contributed by atoms with Gasteiger partial charge < -0.3 is 10.1 Å². The van der Waals surface area contributed by atoms with Crippen molar-refractivity contribution in [1.29, 1.82) is 0 Å². The first-order chi connectivity index (χ1) is 7.88. The van der Waals surface area contributed by atoms with E-state index in [1.54, 1.807) is 19.5 Å². The summed E-state index contributed by atoms with van der Waals surface area (Å²) in [6.45, 7) is 0.662. The van der Waals surface area contributed by atoms with Gasteiger partial charge in [-0.05, 0) is 17.7 Å². The molecule has 0 aliphatic heterocycles. The number of benzene rings is 1. The Bertz CT molecular complexity index is 429. The fourth-order valence-corrected chi connectivity index (χ4v) is 1.25. The van der Waals surface area contributed by atoms with Crippen molar-refractivity contribution in [2.24, 2.45) is 0 Å². The lowest BCUT2D eigenvalue weighted by molar-refractivity contribution is 0.414. The summed E-state index contributed by atoms with van der Waals surface area (Å²) in [5.41, 5.74) is 1.13. The molecule has 0 spiro atoms. The second-order valence-corrected chi connectivity index (χ2v) is 3.17. The van der Waals surface area contributed by atoms with Crippen LogP contribution in [-0.4, -0.2) is 22.3 Å². The van der Waals surface area contributed by atoms with E-state index in [0.29, 0.717) is 12.5 Å². The molecule has 0 aliphatic rings. The quantitative estimate of drug-likeness (QED) is 0.839. The Morgan fingerprint density at radius 2 is 2.00 bits per heavy atom. The first kappa shape index (κ1) is 10.4. The van der Waals surface area contributed by atoms with Crippen molar-refractivity contribution in [3.8, 4) is 5.75 Å². The minimum Gasteiger partial charge on any atom is -0.497 e. The molecule has 5 nitrogen and oxygen atoms in total. The minimum absolute atomic E-state index is 0.526. The lowest BCUT2D eigenvalue weighted by atomic mass is 10.2. The van der Waals surface area contributed by atoms with Crippen LogP contribution in [0.3, 0.4) is 0 Å². The molecule has 5 heteroatoms. The van der Waals surface area contributed by atoms with Gasteiger partial charge in [0.2, 0.25) is 5.95 Å². The SMILES string of the molecule is COc1ccc(CNc2nccnn2)cc1. The largest absolute Gasteiger partial charge is 0.497 e. The van der Waals surface area contributed by atoms with Crippen LogP contribution in [0.25, 0.3) is 0 Å². The molecular weight excluding hydrogens is 204 g/mol. The van der Waals surface area contributed by atoms with E-state index in [2.05, 4.69) is 20.5 Å². The average Bonchev–Trinajstić information content (AvgIpc) is 2.38. The Balaban J connectivity index is 1.94. The monoisotopic (exact) mass is 216 g/mol. The molecule has 82 valence electrons. The summed E-state index contributed by atoms with van der Waals surface area (Å²) in [6.07, 6.45) is 3.14. The van der Waals surface area contributed by atoms with Crippen LogP contribution < -0.4 is 10.1 Å². The van der Waals surface area contributed by atoms with Crippen LogP contribution in [0.5, 0.6) is 5.75 Å². The number of methoxy groups -OCH3 is 1. The molecule has 1 aromatic heterocycles. The third-order valence-electron chi connectivity index (χ3n) is 2.09.